The van der Waals surface area contributed by atoms with Gasteiger partial charge in [-0.25, -0.2) is 0 Å². The Hall–Kier alpha value is -0.220. The molecule has 2 fully saturated rings. The molecule has 2 rings (SSSR count). The van der Waals surface area contributed by atoms with Crippen LogP contribution in [0, 0.1) is 5.41 Å². The number of carboxylic acid groups (broad SMARTS) is 1. The lowest BCUT2D eigenvalue weighted by Crippen LogP contribution is -2.54. The topological polar surface area (TPSA) is 57.5 Å². The molecule has 2 N–H and O–H groups in total. The fourth-order valence-electron chi connectivity index (χ4n) is 2.97. The zero-order valence-corrected chi connectivity index (χ0v) is 9.68. The van der Waals surface area contributed by atoms with Crippen molar-refractivity contribution in [2.45, 2.75) is 44.1 Å². The van der Waals surface area contributed by atoms with Crippen molar-refractivity contribution in [2.75, 3.05) is 11.5 Å². The van der Waals surface area contributed by atoms with E-state index >= 15 is 0 Å². The molecule has 1 atom stereocenters. The third kappa shape index (κ3) is 1.68. The maximum Gasteiger partial charge on any atom is 0.313 e. The van der Waals surface area contributed by atoms with Gasteiger partial charge in [0.2, 0.25) is 0 Å². The number of hydrogen-bond donors (Lipinski definition) is 2. The molecule has 4 heteroatoms. The summed E-state index contributed by atoms with van der Waals surface area (Å²) in [4.78, 5) is 11.5. The third-order valence-electron chi connectivity index (χ3n) is 3.97. The predicted molar refractivity (Wildman–Crippen MR) is 60.0 cm³/mol. The van der Waals surface area contributed by atoms with Gasteiger partial charge in [-0.15, -0.1) is 0 Å². The molecule has 0 amide bonds. The fraction of sp³-hybridized carbons (Fsp3) is 0.909. The van der Waals surface area contributed by atoms with Gasteiger partial charge in [-0.2, -0.15) is 11.8 Å². The Bertz CT molecular complexity index is 253. The highest BCUT2D eigenvalue weighted by molar-refractivity contribution is 7.99. The molecule has 0 bridgehead atoms. The van der Waals surface area contributed by atoms with Gasteiger partial charge in [0, 0.05) is 5.75 Å². The summed E-state index contributed by atoms with van der Waals surface area (Å²) in [5.41, 5.74) is -1.81. The lowest BCUT2D eigenvalue weighted by atomic mass is 9.69. The SMILES string of the molecule is O=C(O)C1(C2(O)CCCC2)CCCSC1. The van der Waals surface area contributed by atoms with E-state index in [4.69, 9.17) is 0 Å². The van der Waals surface area contributed by atoms with Crippen molar-refractivity contribution in [1.29, 1.82) is 0 Å². The van der Waals surface area contributed by atoms with E-state index in [2.05, 4.69) is 0 Å². The van der Waals surface area contributed by atoms with Crippen molar-refractivity contribution in [1.82, 2.24) is 0 Å². The number of carbonyl (C=O) groups is 1. The minimum atomic E-state index is -0.938. The summed E-state index contributed by atoms with van der Waals surface area (Å²) in [7, 11) is 0. The maximum absolute atomic E-state index is 11.5. The molecule has 0 aromatic heterocycles. The quantitative estimate of drug-likeness (QED) is 0.760. The van der Waals surface area contributed by atoms with Crippen LogP contribution < -0.4 is 0 Å². The summed E-state index contributed by atoms with van der Waals surface area (Å²) in [6.07, 6.45) is 4.83. The van der Waals surface area contributed by atoms with Crippen LogP contribution in [0.4, 0.5) is 0 Å². The number of thioether (sulfide) groups is 1. The molecule has 1 heterocycles. The summed E-state index contributed by atoms with van der Waals surface area (Å²) in [5.74, 6) is 0.823. The fourth-order valence-corrected chi connectivity index (χ4v) is 4.35. The zero-order valence-electron chi connectivity index (χ0n) is 8.87. The maximum atomic E-state index is 11.5. The summed E-state index contributed by atoms with van der Waals surface area (Å²) < 4.78 is 0. The van der Waals surface area contributed by atoms with Crippen LogP contribution in [0.1, 0.15) is 38.5 Å². The van der Waals surface area contributed by atoms with Gasteiger partial charge in [0.05, 0.1) is 5.60 Å². The van der Waals surface area contributed by atoms with E-state index in [0.717, 1.165) is 25.0 Å². The Morgan fingerprint density at radius 1 is 1.13 bits per heavy atom. The summed E-state index contributed by atoms with van der Waals surface area (Å²) in [6.45, 7) is 0. The van der Waals surface area contributed by atoms with Gasteiger partial charge in [-0.1, -0.05) is 12.8 Å². The van der Waals surface area contributed by atoms with Crippen LogP contribution in [0.5, 0.6) is 0 Å². The Balaban J connectivity index is 2.28. The van der Waals surface area contributed by atoms with Gasteiger partial charge in [-0.3, -0.25) is 4.79 Å². The molecule has 0 spiro atoms. The van der Waals surface area contributed by atoms with E-state index in [9.17, 15) is 15.0 Å². The van der Waals surface area contributed by atoms with Crippen molar-refractivity contribution in [3.05, 3.63) is 0 Å². The van der Waals surface area contributed by atoms with Crippen LogP contribution in [-0.4, -0.2) is 33.3 Å². The first-order chi connectivity index (χ1) is 7.11. The van der Waals surface area contributed by atoms with Gasteiger partial charge in [0.1, 0.15) is 5.41 Å². The molecular formula is C11H18O3S. The Labute approximate surface area is 94.3 Å². The van der Waals surface area contributed by atoms with E-state index in [1.165, 1.54) is 0 Å². The van der Waals surface area contributed by atoms with Crippen LogP contribution in [0.15, 0.2) is 0 Å². The highest BCUT2D eigenvalue weighted by Crippen LogP contribution is 2.50. The van der Waals surface area contributed by atoms with E-state index < -0.39 is 17.0 Å². The minimum absolute atomic E-state index is 0.582. The molecule has 0 aromatic rings. The predicted octanol–water partition coefficient (Wildman–Crippen LogP) is 1.89. The summed E-state index contributed by atoms with van der Waals surface area (Å²) in [5, 5.41) is 20.0. The van der Waals surface area contributed by atoms with Crippen LogP contribution in [0.3, 0.4) is 0 Å². The third-order valence-corrected chi connectivity index (χ3v) is 5.25. The molecule has 1 saturated carbocycles. The van der Waals surface area contributed by atoms with E-state index in [-0.39, 0.29) is 0 Å². The average molecular weight is 230 g/mol. The second-order valence-electron chi connectivity index (χ2n) is 4.78. The van der Waals surface area contributed by atoms with E-state index in [0.29, 0.717) is 25.0 Å². The van der Waals surface area contributed by atoms with Crippen molar-refractivity contribution in [2.24, 2.45) is 5.41 Å². The molecule has 86 valence electrons. The van der Waals surface area contributed by atoms with E-state index in [1.807, 2.05) is 0 Å². The van der Waals surface area contributed by atoms with Gasteiger partial charge in [-0.05, 0) is 31.4 Å². The second kappa shape index (κ2) is 3.98. The van der Waals surface area contributed by atoms with Crippen molar-refractivity contribution in [3.8, 4) is 0 Å². The van der Waals surface area contributed by atoms with Crippen molar-refractivity contribution < 1.29 is 15.0 Å². The largest absolute Gasteiger partial charge is 0.481 e. The summed E-state index contributed by atoms with van der Waals surface area (Å²) >= 11 is 1.67. The van der Waals surface area contributed by atoms with Gasteiger partial charge in [0.25, 0.3) is 0 Å². The second-order valence-corrected chi connectivity index (χ2v) is 5.89. The Morgan fingerprint density at radius 2 is 1.80 bits per heavy atom. The molecule has 0 radical (unpaired) electrons. The number of hydrogen-bond acceptors (Lipinski definition) is 3. The van der Waals surface area contributed by atoms with Crippen LogP contribution in [-0.2, 0) is 4.79 Å². The molecule has 1 unspecified atom stereocenters. The first-order valence-electron chi connectivity index (χ1n) is 5.64. The smallest absolute Gasteiger partial charge is 0.313 e. The highest BCUT2D eigenvalue weighted by atomic mass is 32.2. The number of carboxylic acids is 1. The Kier molecular flexibility index (Phi) is 2.99. The van der Waals surface area contributed by atoms with Crippen LogP contribution in [0.25, 0.3) is 0 Å². The highest BCUT2D eigenvalue weighted by Gasteiger charge is 2.57. The first-order valence-corrected chi connectivity index (χ1v) is 6.80. The molecule has 1 aliphatic heterocycles. The average Bonchev–Trinajstić information content (AvgIpc) is 2.67. The zero-order chi connectivity index (χ0) is 10.9. The normalized spacial score (nSPS) is 35.3. The van der Waals surface area contributed by atoms with Crippen molar-refractivity contribution >= 4 is 17.7 Å². The monoisotopic (exact) mass is 230 g/mol. The minimum Gasteiger partial charge on any atom is -0.481 e. The lowest BCUT2D eigenvalue weighted by Gasteiger charge is -2.44. The number of aliphatic carboxylic acids is 1. The number of rotatable bonds is 2. The van der Waals surface area contributed by atoms with Gasteiger partial charge in [0.15, 0.2) is 0 Å². The van der Waals surface area contributed by atoms with Crippen molar-refractivity contribution in [3.63, 3.8) is 0 Å². The first kappa shape index (κ1) is 11.3. The van der Waals surface area contributed by atoms with Gasteiger partial charge >= 0.3 is 5.97 Å². The van der Waals surface area contributed by atoms with E-state index in [1.54, 1.807) is 11.8 Å². The van der Waals surface area contributed by atoms with Crippen LogP contribution in [0.2, 0.25) is 0 Å². The molecule has 2 aliphatic rings. The molecular weight excluding hydrogens is 212 g/mol. The molecule has 1 saturated heterocycles. The lowest BCUT2D eigenvalue weighted by molar-refractivity contribution is -0.167. The Morgan fingerprint density at radius 3 is 2.27 bits per heavy atom. The van der Waals surface area contributed by atoms with Gasteiger partial charge < -0.3 is 10.2 Å². The standard InChI is InChI=1S/C11H18O3S/c12-9(13)10(4-3-7-15-8-10)11(14)5-1-2-6-11/h14H,1-8H2,(H,12,13). The number of aliphatic hydroxyl groups is 1. The molecule has 15 heavy (non-hydrogen) atoms. The molecule has 0 aromatic carbocycles. The molecule has 3 nitrogen and oxygen atoms in total. The molecule has 1 aliphatic carbocycles. The summed E-state index contributed by atoms with van der Waals surface area (Å²) in [6, 6.07) is 0. The van der Waals surface area contributed by atoms with Crippen LogP contribution >= 0.6 is 11.8 Å².